The summed E-state index contributed by atoms with van der Waals surface area (Å²) in [5.41, 5.74) is 2.51. The quantitative estimate of drug-likeness (QED) is 0.707. The number of piperidine rings is 1. The first-order chi connectivity index (χ1) is 8.61. The molecule has 0 bridgehead atoms. The van der Waals surface area contributed by atoms with Crippen LogP contribution in [0.25, 0.3) is 0 Å². The molecule has 3 rings (SSSR count). The van der Waals surface area contributed by atoms with Gasteiger partial charge in [0.15, 0.2) is 0 Å². The van der Waals surface area contributed by atoms with Gasteiger partial charge in [0.05, 0.1) is 0 Å². The number of hydrogen-bond acceptors (Lipinski definition) is 2. The average molecular weight is 243 g/mol. The van der Waals surface area contributed by atoms with E-state index in [9.17, 15) is 9.59 Å². The van der Waals surface area contributed by atoms with Crippen molar-refractivity contribution in [3.05, 3.63) is 35.4 Å². The number of carbonyl (C=O) groups excluding carboxylic acids is 2. The van der Waals surface area contributed by atoms with Gasteiger partial charge in [0.25, 0.3) is 0 Å². The molecule has 1 fully saturated rings. The van der Waals surface area contributed by atoms with Gasteiger partial charge < -0.3 is 0 Å². The van der Waals surface area contributed by atoms with Crippen molar-refractivity contribution < 1.29 is 9.59 Å². The number of aryl methyl sites for hydroxylation is 1. The molecule has 1 N–H and O–H groups in total. The first-order valence-corrected chi connectivity index (χ1v) is 6.51. The number of hydrogen-bond donors (Lipinski definition) is 1. The first-order valence-electron chi connectivity index (χ1n) is 6.51. The second-order valence-corrected chi connectivity index (χ2v) is 5.62. The van der Waals surface area contributed by atoms with Gasteiger partial charge in [0.2, 0.25) is 11.8 Å². The van der Waals surface area contributed by atoms with Gasteiger partial charge in [-0.3, -0.25) is 14.9 Å². The third kappa shape index (κ3) is 1.65. The molecule has 1 heterocycles. The molecular weight excluding hydrogens is 226 g/mol. The molecule has 0 saturated carbocycles. The van der Waals surface area contributed by atoms with Gasteiger partial charge in [-0.2, -0.15) is 0 Å². The summed E-state index contributed by atoms with van der Waals surface area (Å²) in [6, 6.07) is 8.36. The van der Waals surface area contributed by atoms with E-state index in [-0.39, 0.29) is 23.1 Å². The standard InChI is InChI=1S/C15H17NO2/c1-10-14(18)16-13(17)9-15(10)7-6-11-4-2-3-5-12(11)8-15/h2-5,10H,6-9H2,1H3,(H,16,17,18). The summed E-state index contributed by atoms with van der Waals surface area (Å²) >= 11 is 0. The summed E-state index contributed by atoms with van der Waals surface area (Å²) in [4.78, 5) is 23.5. The van der Waals surface area contributed by atoms with Crippen LogP contribution in [-0.2, 0) is 22.4 Å². The summed E-state index contributed by atoms with van der Waals surface area (Å²) in [5, 5.41) is 2.45. The molecule has 1 aromatic carbocycles. The molecule has 94 valence electrons. The number of carbonyl (C=O) groups is 2. The van der Waals surface area contributed by atoms with Crippen LogP contribution in [0.5, 0.6) is 0 Å². The summed E-state index contributed by atoms with van der Waals surface area (Å²) in [6.07, 6.45) is 3.24. The molecule has 1 aliphatic carbocycles. The van der Waals surface area contributed by atoms with Gasteiger partial charge >= 0.3 is 0 Å². The Hall–Kier alpha value is -1.64. The average Bonchev–Trinajstić information content (AvgIpc) is 2.36. The molecule has 2 unspecified atom stereocenters. The summed E-state index contributed by atoms with van der Waals surface area (Å²) < 4.78 is 0. The maximum Gasteiger partial charge on any atom is 0.229 e. The van der Waals surface area contributed by atoms with Crippen LogP contribution >= 0.6 is 0 Å². The van der Waals surface area contributed by atoms with Gasteiger partial charge in [-0.05, 0) is 35.8 Å². The van der Waals surface area contributed by atoms with E-state index in [1.54, 1.807) is 0 Å². The lowest BCUT2D eigenvalue weighted by Crippen LogP contribution is -2.53. The predicted molar refractivity (Wildman–Crippen MR) is 67.8 cm³/mol. The number of nitrogens with one attached hydrogen (secondary N) is 1. The minimum Gasteiger partial charge on any atom is -0.296 e. The van der Waals surface area contributed by atoms with Gasteiger partial charge in [0, 0.05) is 12.3 Å². The van der Waals surface area contributed by atoms with Crippen molar-refractivity contribution in [3.8, 4) is 0 Å². The third-order valence-electron chi connectivity index (χ3n) is 4.64. The fourth-order valence-corrected chi connectivity index (χ4v) is 3.39. The zero-order valence-electron chi connectivity index (χ0n) is 10.5. The molecule has 2 atom stereocenters. The largest absolute Gasteiger partial charge is 0.296 e. The zero-order chi connectivity index (χ0) is 12.8. The minimum absolute atomic E-state index is 0.0800. The molecule has 1 aromatic rings. The Kier molecular flexibility index (Phi) is 2.51. The maximum absolute atomic E-state index is 11.9. The van der Waals surface area contributed by atoms with E-state index < -0.39 is 0 Å². The van der Waals surface area contributed by atoms with E-state index in [0.29, 0.717) is 6.42 Å². The molecule has 18 heavy (non-hydrogen) atoms. The Morgan fingerprint density at radius 1 is 1.17 bits per heavy atom. The predicted octanol–water partition coefficient (Wildman–Crippen LogP) is 1.84. The van der Waals surface area contributed by atoms with E-state index in [4.69, 9.17) is 0 Å². The number of amides is 2. The Morgan fingerprint density at radius 2 is 1.89 bits per heavy atom. The topological polar surface area (TPSA) is 46.2 Å². The summed E-state index contributed by atoms with van der Waals surface area (Å²) in [5.74, 6) is -0.299. The monoisotopic (exact) mass is 243 g/mol. The van der Waals surface area contributed by atoms with Crippen LogP contribution in [0.2, 0.25) is 0 Å². The smallest absolute Gasteiger partial charge is 0.229 e. The van der Waals surface area contributed by atoms with Gasteiger partial charge in [-0.15, -0.1) is 0 Å². The second-order valence-electron chi connectivity index (χ2n) is 5.62. The Morgan fingerprint density at radius 3 is 2.67 bits per heavy atom. The molecule has 3 heteroatoms. The lowest BCUT2D eigenvalue weighted by molar-refractivity contribution is -0.143. The van der Waals surface area contributed by atoms with Crippen molar-refractivity contribution in [2.24, 2.45) is 11.3 Å². The molecular formula is C15H17NO2. The molecule has 3 nitrogen and oxygen atoms in total. The highest BCUT2D eigenvalue weighted by Crippen LogP contribution is 2.45. The van der Waals surface area contributed by atoms with Gasteiger partial charge in [0.1, 0.15) is 0 Å². The van der Waals surface area contributed by atoms with E-state index in [1.807, 2.05) is 13.0 Å². The summed E-state index contributed by atoms with van der Waals surface area (Å²) in [6.45, 7) is 1.95. The van der Waals surface area contributed by atoms with Crippen molar-refractivity contribution in [3.63, 3.8) is 0 Å². The molecule has 0 radical (unpaired) electrons. The highest BCUT2D eigenvalue weighted by molar-refractivity contribution is 5.99. The lowest BCUT2D eigenvalue weighted by atomic mass is 9.61. The molecule has 2 aliphatic rings. The Labute approximate surface area is 107 Å². The van der Waals surface area contributed by atoms with Crippen LogP contribution in [0, 0.1) is 11.3 Å². The fourth-order valence-electron chi connectivity index (χ4n) is 3.39. The fraction of sp³-hybridized carbons (Fsp3) is 0.467. The minimum atomic E-state index is -0.159. The van der Waals surface area contributed by atoms with E-state index in [1.165, 1.54) is 11.1 Å². The Balaban J connectivity index is 1.97. The first kappa shape index (κ1) is 11.5. The van der Waals surface area contributed by atoms with E-state index in [2.05, 4.69) is 23.5 Å². The van der Waals surface area contributed by atoms with E-state index >= 15 is 0 Å². The van der Waals surface area contributed by atoms with Crippen molar-refractivity contribution in [1.29, 1.82) is 0 Å². The summed E-state index contributed by atoms with van der Waals surface area (Å²) in [7, 11) is 0. The molecule has 1 saturated heterocycles. The van der Waals surface area contributed by atoms with Crippen LogP contribution in [-0.4, -0.2) is 11.8 Å². The van der Waals surface area contributed by atoms with Gasteiger partial charge in [-0.1, -0.05) is 31.2 Å². The van der Waals surface area contributed by atoms with Crippen LogP contribution in [0.3, 0.4) is 0 Å². The van der Waals surface area contributed by atoms with Crippen molar-refractivity contribution >= 4 is 11.8 Å². The number of fused-ring (bicyclic) bond motifs is 1. The second kappa shape index (κ2) is 3.94. The van der Waals surface area contributed by atoms with E-state index in [0.717, 1.165) is 19.3 Å². The highest BCUT2D eigenvalue weighted by atomic mass is 16.2. The van der Waals surface area contributed by atoms with Crippen LogP contribution in [0.15, 0.2) is 24.3 Å². The normalized spacial score (nSPS) is 31.1. The number of imide groups is 1. The zero-order valence-corrected chi connectivity index (χ0v) is 10.5. The highest BCUT2D eigenvalue weighted by Gasteiger charge is 2.47. The third-order valence-corrected chi connectivity index (χ3v) is 4.64. The maximum atomic E-state index is 11.9. The molecule has 1 aliphatic heterocycles. The molecule has 0 aromatic heterocycles. The molecule has 2 amide bonds. The van der Waals surface area contributed by atoms with Crippen LogP contribution in [0.4, 0.5) is 0 Å². The lowest BCUT2D eigenvalue weighted by Gasteiger charge is -2.44. The van der Waals surface area contributed by atoms with Crippen LogP contribution in [0.1, 0.15) is 30.9 Å². The number of benzene rings is 1. The van der Waals surface area contributed by atoms with Crippen molar-refractivity contribution in [2.45, 2.75) is 32.6 Å². The van der Waals surface area contributed by atoms with Crippen LogP contribution < -0.4 is 5.32 Å². The number of rotatable bonds is 0. The molecule has 1 spiro atoms. The SMILES string of the molecule is CC1C(=O)NC(=O)CC12CCc1ccccc1C2. The Bertz CT molecular complexity index is 523. The van der Waals surface area contributed by atoms with Gasteiger partial charge in [-0.25, -0.2) is 0 Å². The van der Waals surface area contributed by atoms with Crippen molar-refractivity contribution in [2.75, 3.05) is 0 Å². The van der Waals surface area contributed by atoms with Crippen molar-refractivity contribution in [1.82, 2.24) is 5.32 Å².